The van der Waals surface area contributed by atoms with E-state index in [1.165, 1.54) is 0 Å². The molecule has 0 aromatic carbocycles. The van der Waals surface area contributed by atoms with Crippen LogP contribution in [0, 0.1) is 0 Å². The molecule has 0 aliphatic carbocycles. The van der Waals surface area contributed by atoms with Crippen molar-refractivity contribution < 1.29 is 4.79 Å². The summed E-state index contributed by atoms with van der Waals surface area (Å²) in [6, 6.07) is 0. The molecule has 0 unspecified atom stereocenters. The Kier molecular flexibility index (Phi) is 4.32. The Morgan fingerprint density at radius 2 is 2.30 bits per heavy atom. The molecule has 0 saturated carbocycles. The van der Waals surface area contributed by atoms with Crippen molar-refractivity contribution in [1.29, 1.82) is 0 Å². The number of rotatable bonds is 4. The molecule has 0 heterocycles. The van der Waals surface area contributed by atoms with E-state index in [1.807, 2.05) is 0 Å². The largest absolute Gasteiger partial charge is 0.401 e. The average molecular weight is 143 g/mol. The molecule has 58 valence electrons. The summed E-state index contributed by atoms with van der Waals surface area (Å²) in [4.78, 5) is 10.2. The van der Waals surface area contributed by atoms with Crippen LogP contribution in [0.4, 0.5) is 0 Å². The van der Waals surface area contributed by atoms with E-state index in [9.17, 15) is 4.79 Å². The highest BCUT2D eigenvalue weighted by atomic mass is 16.1. The molecule has 0 aliphatic heterocycles. The Labute approximate surface area is 60.3 Å². The van der Waals surface area contributed by atoms with Crippen LogP contribution in [0.15, 0.2) is 11.4 Å². The van der Waals surface area contributed by atoms with E-state index in [0.717, 1.165) is 0 Å². The van der Waals surface area contributed by atoms with Gasteiger partial charge in [-0.2, -0.15) is 0 Å². The van der Waals surface area contributed by atoms with E-state index in [-0.39, 0.29) is 0 Å². The Hall–Kier alpha value is -1.03. The fourth-order valence-electron chi connectivity index (χ4n) is 0.481. The smallest absolute Gasteiger partial charge is 0.167 e. The van der Waals surface area contributed by atoms with E-state index in [0.29, 0.717) is 30.8 Å². The van der Waals surface area contributed by atoms with E-state index < -0.39 is 0 Å². The molecule has 5 N–H and O–H groups in total. The first-order valence-corrected chi connectivity index (χ1v) is 3.07. The van der Waals surface area contributed by atoms with Gasteiger partial charge in [-0.1, -0.05) is 0 Å². The zero-order valence-corrected chi connectivity index (χ0v) is 6.05. The third kappa shape index (κ3) is 3.09. The lowest BCUT2D eigenvalue weighted by atomic mass is 10.4. The van der Waals surface area contributed by atoms with Gasteiger partial charge in [-0.25, -0.2) is 0 Å². The third-order valence-corrected chi connectivity index (χ3v) is 1.00. The minimum absolute atomic E-state index is 0.422. The SMILES string of the molecule is C/C(N)=C(\C=O)NCCN. The summed E-state index contributed by atoms with van der Waals surface area (Å²) in [6.45, 7) is 2.72. The second-order valence-electron chi connectivity index (χ2n) is 1.93. The van der Waals surface area contributed by atoms with Crippen molar-refractivity contribution in [2.75, 3.05) is 13.1 Å². The van der Waals surface area contributed by atoms with Gasteiger partial charge in [0.2, 0.25) is 0 Å². The highest BCUT2D eigenvalue weighted by Crippen LogP contribution is 1.86. The van der Waals surface area contributed by atoms with Gasteiger partial charge in [-0.3, -0.25) is 4.79 Å². The lowest BCUT2D eigenvalue weighted by molar-refractivity contribution is -0.105. The lowest BCUT2D eigenvalue weighted by Gasteiger charge is -2.03. The number of hydrogen-bond acceptors (Lipinski definition) is 4. The van der Waals surface area contributed by atoms with Crippen LogP contribution < -0.4 is 16.8 Å². The zero-order valence-electron chi connectivity index (χ0n) is 6.05. The van der Waals surface area contributed by atoms with Gasteiger partial charge in [0.15, 0.2) is 6.29 Å². The summed E-state index contributed by atoms with van der Waals surface area (Å²) in [6.07, 6.45) is 0.686. The van der Waals surface area contributed by atoms with Crippen molar-refractivity contribution in [1.82, 2.24) is 5.32 Å². The van der Waals surface area contributed by atoms with Gasteiger partial charge in [0, 0.05) is 18.8 Å². The number of hydrogen-bond donors (Lipinski definition) is 3. The molecule has 0 saturated heterocycles. The predicted molar refractivity (Wildman–Crippen MR) is 40.0 cm³/mol. The van der Waals surface area contributed by atoms with Crippen molar-refractivity contribution in [3.63, 3.8) is 0 Å². The highest BCUT2D eigenvalue weighted by molar-refractivity contribution is 5.73. The number of carbonyl (C=O) groups is 1. The first-order chi connectivity index (χ1) is 4.72. The molecule has 4 nitrogen and oxygen atoms in total. The van der Waals surface area contributed by atoms with Crippen LogP contribution in [0.25, 0.3) is 0 Å². The summed E-state index contributed by atoms with van der Waals surface area (Å²) >= 11 is 0. The summed E-state index contributed by atoms with van der Waals surface area (Å²) in [5, 5.41) is 2.78. The third-order valence-electron chi connectivity index (χ3n) is 1.00. The van der Waals surface area contributed by atoms with Crippen LogP contribution in [0.2, 0.25) is 0 Å². The minimum atomic E-state index is 0.422. The molecule has 0 bridgehead atoms. The lowest BCUT2D eigenvalue weighted by Crippen LogP contribution is -2.24. The van der Waals surface area contributed by atoms with Gasteiger partial charge in [0.25, 0.3) is 0 Å². The Balaban J connectivity index is 3.85. The normalized spacial score (nSPS) is 12.2. The predicted octanol–water partition coefficient (Wildman–Crippen LogP) is -1.08. The molecule has 0 amide bonds. The molecule has 10 heavy (non-hydrogen) atoms. The monoisotopic (exact) mass is 143 g/mol. The van der Waals surface area contributed by atoms with Crippen LogP contribution in [-0.2, 0) is 4.79 Å². The second-order valence-corrected chi connectivity index (χ2v) is 1.93. The molecule has 0 radical (unpaired) electrons. The van der Waals surface area contributed by atoms with Gasteiger partial charge in [-0.15, -0.1) is 0 Å². The fraction of sp³-hybridized carbons (Fsp3) is 0.500. The van der Waals surface area contributed by atoms with E-state index in [1.54, 1.807) is 6.92 Å². The number of aldehydes is 1. The summed E-state index contributed by atoms with van der Waals surface area (Å²) in [7, 11) is 0. The maximum atomic E-state index is 10.2. The molecule has 0 aliphatic rings. The van der Waals surface area contributed by atoms with Gasteiger partial charge in [-0.05, 0) is 6.92 Å². The number of nitrogens with one attached hydrogen (secondary N) is 1. The van der Waals surface area contributed by atoms with E-state index in [4.69, 9.17) is 11.5 Å². The molecule has 0 fully saturated rings. The minimum Gasteiger partial charge on any atom is -0.401 e. The molecule has 0 atom stereocenters. The molecule has 4 heteroatoms. The van der Waals surface area contributed by atoms with Crippen LogP contribution >= 0.6 is 0 Å². The maximum Gasteiger partial charge on any atom is 0.167 e. The number of carbonyl (C=O) groups excluding carboxylic acids is 1. The Morgan fingerprint density at radius 1 is 1.70 bits per heavy atom. The quantitative estimate of drug-likeness (QED) is 0.345. The van der Waals surface area contributed by atoms with Crippen LogP contribution in [-0.4, -0.2) is 19.4 Å². The van der Waals surface area contributed by atoms with Crippen LogP contribution in [0.3, 0.4) is 0 Å². The average Bonchev–Trinajstić information content (AvgIpc) is 1.89. The summed E-state index contributed by atoms with van der Waals surface area (Å²) in [5.41, 5.74) is 11.4. The second kappa shape index (κ2) is 4.81. The molecule has 0 rings (SSSR count). The van der Waals surface area contributed by atoms with Crippen molar-refractivity contribution >= 4 is 6.29 Å². The van der Waals surface area contributed by atoms with Gasteiger partial charge < -0.3 is 16.8 Å². The zero-order chi connectivity index (χ0) is 7.98. The van der Waals surface area contributed by atoms with Crippen molar-refractivity contribution in [2.24, 2.45) is 11.5 Å². The molecule has 0 spiro atoms. The highest BCUT2D eigenvalue weighted by Gasteiger charge is 1.94. The van der Waals surface area contributed by atoms with Crippen molar-refractivity contribution in [3.8, 4) is 0 Å². The van der Waals surface area contributed by atoms with E-state index in [2.05, 4.69) is 5.32 Å². The van der Waals surface area contributed by atoms with Crippen LogP contribution in [0.1, 0.15) is 6.92 Å². The molecule has 0 aromatic rings. The number of allylic oxidation sites excluding steroid dienone is 2. The van der Waals surface area contributed by atoms with Gasteiger partial charge >= 0.3 is 0 Å². The Bertz CT molecular complexity index is 138. The summed E-state index contributed by atoms with van der Waals surface area (Å²) in [5.74, 6) is 0. The molecular formula is C6H13N3O. The standard InChI is InChI=1S/C6H13N3O/c1-5(8)6(4-10)9-3-2-7/h4,9H,2-3,7-8H2,1H3/b6-5-. The van der Waals surface area contributed by atoms with Gasteiger partial charge in [0.1, 0.15) is 0 Å². The fourth-order valence-corrected chi connectivity index (χ4v) is 0.481. The maximum absolute atomic E-state index is 10.2. The van der Waals surface area contributed by atoms with Crippen molar-refractivity contribution in [3.05, 3.63) is 11.4 Å². The van der Waals surface area contributed by atoms with Crippen molar-refractivity contribution in [2.45, 2.75) is 6.92 Å². The van der Waals surface area contributed by atoms with E-state index >= 15 is 0 Å². The first kappa shape index (κ1) is 8.97. The van der Waals surface area contributed by atoms with Crippen LogP contribution in [0.5, 0.6) is 0 Å². The summed E-state index contributed by atoms with van der Waals surface area (Å²) < 4.78 is 0. The Morgan fingerprint density at radius 3 is 2.60 bits per heavy atom. The number of nitrogens with two attached hydrogens (primary N) is 2. The van der Waals surface area contributed by atoms with Gasteiger partial charge in [0.05, 0.1) is 5.70 Å². The topological polar surface area (TPSA) is 81.1 Å². The molecular weight excluding hydrogens is 130 g/mol. The first-order valence-electron chi connectivity index (χ1n) is 3.07. The molecule has 0 aromatic heterocycles.